The van der Waals surface area contributed by atoms with Crippen LogP contribution in [-0.4, -0.2) is 55.1 Å². The highest BCUT2D eigenvalue weighted by Gasteiger charge is 2.39. The minimum Gasteiger partial charge on any atom is -0.460 e. The Bertz CT molecular complexity index is 789. The summed E-state index contributed by atoms with van der Waals surface area (Å²) in [6, 6.07) is 0. The zero-order valence-corrected chi connectivity index (χ0v) is 15.7. The van der Waals surface area contributed by atoms with Gasteiger partial charge in [0.25, 0.3) is 0 Å². The molecule has 2 fully saturated rings. The number of piperidine rings is 1. The molecule has 0 amide bonds. The van der Waals surface area contributed by atoms with Crippen molar-refractivity contribution >= 4 is 22.0 Å². The van der Waals surface area contributed by atoms with E-state index in [-0.39, 0.29) is 29.8 Å². The van der Waals surface area contributed by atoms with Gasteiger partial charge in [-0.2, -0.15) is 4.31 Å². The Balaban J connectivity index is 1.60. The molecule has 0 spiro atoms. The molecular formula is C16H22N2O7S. The Morgan fingerprint density at radius 2 is 1.92 bits per heavy atom. The van der Waals surface area contributed by atoms with Crippen LogP contribution >= 0.6 is 0 Å². The van der Waals surface area contributed by atoms with Crippen molar-refractivity contribution in [2.45, 2.75) is 57.1 Å². The number of cyclic esters (lactones) is 1. The standard InChI is InChI=1S/C16H22N2O7S/c1-9-8-13(16(20)23-9)24-15(19)12-4-6-18(7-5-12)26(21,22)14-10(2)17-25-11(14)3/h9,12-13H,4-8H2,1-3H3. The van der Waals surface area contributed by atoms with Gasteiger partial charge in [-0.1, -0.05) is 5.16 Å². The number of sulfonamides is 1. The molecule has 0 saturated carbocycles. The molecule has 0 bridgehead atoms. The summed E-state index contributed by atoms with van der Waals surface area (Å²) in [7, 11) is -3.72. The molecule has 3 rings (SSSR count). The SMILES string of the molecule is Cc1noc(C)c1S(=O)(=O)N1CCC(C(=O)OC2CC(C)OC2=O)CC1. The van der Waals surface area contributed by atoms with E-state index in [2.05, 4.69) is 5.16 Å². The molecule has 2 aliphatic heterocycles. The topological polar surface area (TPSA) is 116 Å². The number of aryl methyl sites for hydroxylation is 2. The maximum absolute atomic E-state index is 12.8. The largest absolute Gasteiger partial charge is 0.460 e. The zero-order valence-electron chi connectivity index (χ0n) is 14.9. The lowest BCUT2D eigenvalue weighted by Crippen LogP contribution is -2.41. The summed E-state index contributed by atoms with van der Waals surface area (Å²) in [4.78, 5) is 23.9. The van der Waals surface area contributed by atoms with Crippen molar-refractivity contribution < 1.29 is 32.0 Å². The molecule has 2 saturated heterocycles. The van der Waals surface area contributed by atoms with E-state index in [9.17, 15) is 18.0 Å². The molecule has 26 heavy (non-hydrogen) atoms. The van der Waals surface area contributed by atoms with Crippen molar-refractivity contribution in [3.63, 3.8) is 0 Å². The van der Waals surface area contributed by atoms with Gasteiger partial charge in [-0.25, -0.2) is 13.2 Å². The summed E-state index contributed by atoms with van der Waals surface area (Å²) in [6.07, 6.45) is -0.106. The maximum atomic E-state index is 12.8. The van der Waals surface area contributed by atoms with Gasteiger partial charge in [0.1, 0.15) is 16.7 Å². The van der Waals surface area contributed by atoms with Crippen LogP contribution < -0.4 is 0 Å². The van der Waals surface area contributed by atoms with Crippen molar-refractivity contribution in [3.8, 4) is 0 Å². The molecular weight excluding hydrogens is 364 g/mol. The lowest BCUT2D eigenvalue weighted by Gasteiger charge is -2.30. The molecule has 3 heterocycles. The van der Waals surface area contributed by atoms with Gasteiger partial charge in [-0.05, 0) is 33.6 Å². The Hall–Kier alpha value is -1.94. The van der Waals surface area contributed by atoms with Gasteiger partial charge < -0.3 is 14.0 Å². The average molecular weight is 386 g/mol. The molecule has 0 N–H and O–H groups in total. The first-order valence-electron chi connectivity index (χ1n) is 8.54. The van der Waals surface area contributed by atoms with Gasteiger partial charge in [0.05, 0.1) is 5.92 Å². The number of hydrogen-bond donors (Lipinski definition) is 0. The fourth-order valence-corrected chi connectivity index (χ4v) is 5.12. The Morgan fingerprint density at radius 1 is 1.27 bits per heavy atom. The Morgan fingerprint density at radius 3 is 2.42 bits per heavy atom. The van der Waals surface area contributed by atoms with Crippen LogP contribution in [0.1, 0.15) is 37.6 Å². The third-order valence-electron chi connectivity index (χ3n) is 4.74. The molecule has 1 aromatic heterocycles. The number of rotatable bonds is 4. The number of hydrogen-bond acceptors (Lipinski definition) is 8. The van der Waals surface area contributed by atoms with E-state index in [1.807, 2.05) is 0 Å². The first-order valence-corrected chi connectivity index (χ1v) is 9.98. The van der Waals surface area contributed by atoms with Gasteiger partial charge in [-0.3, -0.25) is 4.79 Å². The average Bonchev–Trinajstić information content (AvgIpc) is 3.08. The van der Waals surface area contributed by atoms with Gasteiger partial charge in [-0.15, -0.1) is 0 Å². The van der Waals surface area contributed by atoms with Crippen LogP contribution in [0.15, 0.2) is 9.42 Å². The van der Waals surface area contributed by atoms with E-state index in [1.54, 1.807) is 20.8 Å². The van der Waals surface area contributed by atoms with Crippen molar-refractivity contribution in [3.05, 3.63) is 11.5 Å². The van der Waals surface area contributed by atoms with Crippen LogP contribution in [-0.2, 0) is 29.1 Å². The highest BCUT2D eigenvalue weighted by atomic mass is 32.2. The van der Waals surface area contributed by atoms with Crippen LogP contribution in [0.2, 0.25) is 0 Å². The molecule has 144 valence electrons. The Kier molecular flexibility index (Phi) is 5.07. The predicted molar refractivity (Wildman–Crippen MR) is 87.5 cm³/mol. The van der Waals surface area contributed by atoms with Crippen LogP contribution in [0.3, 0.4) is 0 Å². The minimum atomic E-state index is -3.72. The van der Waals surface area contributed by atoms with Gasteiger partial charge >= 0.3 is 11.9 Å². The second-order valence-corrected chi connectivity index (χ2v) is 8.62. The smallest absolute Gasteiger partial charge is 0.347 e. The van der Waals surface area contributed by atoms with Crippen molar-refractivity contribution in [2.75, 3.05) is 13.1 Å². The highest BCUT2D eigenvalue weighted by Crippen LogP contribution is 2.29. The number of esters is 2. The van der Waals surface area contributed by atoms with E-state index in [0.717, 1.165) is 0 Å². The van der Waals surface area contributed by atoms with Crippen molar-refractivity contribution in [2.24, 2.45) is 5.92 Å². The summed E-state index contributed by atoms with van der Waals surface area (Å²) in [5, 5.41) is 3.69. The molecule has 9 nitrogen and oxygen atoms in total. The fourth-order valence-electron chi connectivity index (χ4n) is 3.36. The summed E-state index contributed by atoms with van der Waals surface area (Å²) in [5.74, 6) is -1.19. The van der Waals surface area contributed by atoms with Gasteiger partial charge in [0, 0.05) is 19.5 Å². The minimum absolute atomic E-state index is 0.0845. The number of carbonyl (C=O) groups excluding carboxylic acids is 2. The molecule has 0 aromatic carbocycles. The number of nitrogens with zero attached hydrogens (tertiary/aromatic N) is 2. The number of aromatic nitrogens is 1. The number of carbonyl (C=O) groups is 2. The quantitative estimate of drug-likeness (QED) is 0.702. The highest BCUT2D eigenvalue weighted by molar-refractivity contribution is 7.89. The van der Waals surface area contributed by atoms with Crippen molar-refractivity contribution in [1.29, 1.82) is 0 Å². The zero-order chi connectivity index (χ0) is 19.1. The summed E-state index contributed by atoms with van der Waals surface area (Å²) < 4.78 is 42.1. The predicted octanol–water partition coefficient (Wildman–Crippen LogP) is 0.939. The van der Waals surface area contributed by atoms with E-state index in [0.29, 0.717) is 25.0 Å². The number of ether oxygens (including phenoxy) is 2. The summed E-state index contributed by atoms with van der Waals surface area (Å²) >= 11 is 0. The molecule has 2 aliphatic rings. The first-order chi connectivity index (χ1) is 12.2. The van der Waals surface area contributed by atoms with E-state index < -0.39 is 34.0 Å². The molecule has 1 aromatic rings. The fraction of sp³-hybridized carbons (Fsp3) is 0.688. The second kappa shape index (κ2) is 6.99. The molecule has 2 unspecified atom stereocenters. The van der Waals surface area contributed by atoms with Gasteiger partial charge in [0.15, 0.2) is 5.76 Å². The van der Waals surface area contributed by atoms with Crippen LogP contribution in [0, 0.1) is 19.8 Å². The lowest BCUT2D eigenvalue weighted by molar-refractivity contribution is -0.164. The third-order valence-corrected chi connectivity index (χ3v) is 6.88. The van der Waals surface area contributed by atoms with Crippen LogP contribution in [0.5, 0.6) is 0 Å². The molecule has 0 radical (unpaired) electrons. The Labute approximate surface area is 151 Å². The molecule has 0 aliphatic carbocycles. The van der Waals surface area contributed by atoms with E-state index in [4.69, 9.17) is 14.0 Å². The van der Waals surface area contributed by atoms with Crippen LogP contribution in [0.4, 0.5) is 0 Å². The van der Waals surface area contributed by atoms with Crippen molar-refractivity contribution in [1.82, 2.24) is 9.46 Å². The molecule has 10 heteroatoms. The van der Waals surface area contributed by atoms with Gasteiger partial charge in [0.2, 0.25) is 16.1 Å². The second-order valence-electron chi connectivity index (χ2n) is 6.74. The third kappa shape index (κ3) is 3.48. The summed E-state index contributed by atoms with van der Waals surface area (Å²) in [6.45, 7) is 5.26. The van der Waals surface area contributed by atoms with E-state index in [1.165, 1.54) is 4.31 Å². The monoisotopic (exact) mass is 386 g/mol. The normalized spacial score (nSPS) is 25.3. The lowest BCUT2D eigenvalue weighted by atomic mass is 9.98. The summed E-state index contributed by atoms with van der Waals surface area (Å²) in [5.41, 5.74) is 0.317. The first kappa shape index (κ1) is 18.8. The molecule has 2 atom stereocenters. The maximum Gasteiger partial charge on any atom is 0.347 e. The van der Waals surface area contributed by atoms with Crippen LogP contribution in [0.25, 0.3) is 0 Å². The van der Waals surface area contributed by atoms with E-state index >= 15 is 0 Å².